The van der Waals surface area contributed by atoms with E-state index in [0.29, 0.717) is 12.6 Å². The van der Waals surface area contributed by atoms with E-state index in [9.17, 15) is 4.79 Å². The number of hydrogen-bond acceptors (Lipinski definition) is 4. The number of thioether (sulfide) groups is 1. The number of piperidine rings is 1. The standard InChI is InChI=1S/C16H32N4O2S.HI/c1-6-17-14(18-12-16(3,4)23-5)19-13-8-10-20(11-9-13)15(21)22-7-2;/h13H,6-12H2,1-5H3,(H2,17,18,19);1H. The fraction of sp³-hybridized carbons (Fsp3) is 0.875. The number of guanidine groups is 1. The molecule has 0 spiro atoms. The molecule has 0 radical (unpaired) electrons. The lowest BCUT2D eigenvalue weighted by atomic mass is 10.1. The van der Waals surface area contributed by atoms with Crippen LogP contribution in [-0.4, -0.2) is 66.8 Å². The van der Waals surface area contributed by atoms with E-state index in [4.69, 9.17) is 9.73 Å². The van der Waals surface area contributed by atoms with Gasteiger partial charge < -0.3 is 20.3 Å². The van der Waals surface area contributed by atoms with Gasteiger partial charge in [0, 0.05) is 30.4 Å². The number of amides is 1. The van der Waals surface area contributed by atoms with Crippen LogP contribution >= 0.6 is 35.7 Å². The number of rotatable bonds is 6. The lowest BCUT2D eigenvalue weighted by Gasteiger charge is -2.32. The summed E-state index contributed by atoms with van der Waals surface area (Å²) in [6.45, 7) is 11.8. The third-order valence-corrected chi connectivity index (χ3v) is 5.11. The first-order valence-corrected chi connectivity index (χ1v) is 9.66. The highest BCUT2D eigenvalue weighted by atomic mass is 127. The molecule has 1 rings (SSSR count). The summed E-state index contributed by atoms with van der Waals surface area (Å²) >= 11 is 1.82. The monoisotopic (exact) mass is 472 g/mol. The van der Waals surface area contributed by atoms with E-state index in [2.05, 4.69) is 37.7 Å². The molecule has 1 saturated heterocycles. The zero-order valence-electron chi connectivity index (χ0n) is 15.6. The van der Waals surface area contributed by atoms with Gasteiger partial charge in [0.25, 0.3) is 0 Å². The van der Waals surface area contributed by atoms with Crippen LogP contribution in [0.3, 0.4) is 0 Å². The molecule has 0 unspecified atom stereocenters. The average Bonchev–Trinajstić information content (AvgIpc) is 2.54. The number of likely N-dealkylation sites (tertiary alicyclic amines) is 1. The van der Waals surface area contributed by atoms with Crippen molar-refractivity contribution in [3.63, 3.8) is 0 Å². The Balaban J connectivity index is 0.00000529. The summed E-state index contributed by atoms with van der Waals surface area (Å²) < 4.78 is 5.19. The zero-order valence-corrected chi connectivity index (χ0v) is 18.7. The lowest BCUT2D eigenvalue weighted by Crippen LogP contribution is -2.50. The van der Waals surface area contributed by atoms with Crippen molar-refractivity contribution in [2.45, 2.75) is 51.3 Å². The summed E-state index contributed by atoms with van der Waals surface area (Å²) in [7, 11) is 0. The van der Waals surface area contributed by atoms with Crippen LogP contribution in [0.1, 0.15) is 40.5 Å². The molecule has 0 aliphatic carbocycles. The molecule has 0 saturated carbocycles. The van der Waals surface area contributed by atoms with E-state index in [1.807, 2.05) is 18.7 Å². The zero-order chi connectivity index (χ0) is 17.3. The van der Waals surface area contributed by atoms with Crippen molar-refractivity contribution >= 4 is 47.8 Å². The smallest absolute Gasteiger partial charge is 0.409 e. The van der Waals surface area contributed by atoms with Crippen LogP contribution in [0.15, 0.2) is 4.99 Å². The van der Waals surface area contributed by atoms with Crippen molar-refractivity contribution in [2.24, 2.45) is 4.99 Å². The van der Waals surface area contributed by atoms with E-state index in [-0.39, 0.29) is 34.8 Å². The normalized spacial score (nSPS) is 16.4. The predicted molar refractivity (Wildman–Crippen MR) is 114 cm³/mol. The summed E-state index contributed by atoms with van der Waals surface area (Å²) in [6.07, 6.45) is 3.74. The molecule has 24 heavy (non-hydrogen) atoms. The number of nitrogens with zero attached hydrogens (tertiary/aromatic N) is 2. The fourth-order valence-corrected chi connectivity index (χ4v) is 2.46. The molecule has 142 valence electrons. The number of halogens is 1. The molecule has 2 N–H and O–H groups in total. The molecule has 6 nitrogen and oxygen atoms in total. The maximum Gasteiger partial charge on any atom is 0.409 e. The lowest BCUT2D eigenvalue weighted by molar-refractivity contribution is 0.0963. The summed E-state index contributed by atoms with van der Waals surface area (Å²) in [5, 5.41) is 6.80. The van der Waals surface area contributed by atoms with Gasteiger partial charge in [0.15, 0.2) is 5.96 Å². The quantitative estimate of drug-likeness (QED) is 0.354. The number of carbonyl (C=O) groups is 1. The maximum absolute atomic E-state index is 11.7. The summed E-state index contributed by atoms with van der Waals surface area (Å²) in [5.74, 6) is 0.865. The molecular weight excluding hydrogens is 439 g/mol. The van der Waals surface area contributed by atoms with E-state index in [0.717, 1.165) is 45.0 Å². The Morgan fingerprint density at radius 3 is 2.46 bits per heavy atom. The minimum atomic E-state index is -0.201. The molecule has 0 bridgehead atoms. The van der Waals surface area contributed by atoms with Gasteiger partial charge >= 0.3 is 6.09 Å². The predicted octanol–water partition coefficient (Wildman–Crippen LogP) is 2.92. The minimum absolute atomic E-state index is 0. The first-order chi connectivity index (χ1) is 10.9. The van der Waals surface area contributed by atoms with Gasteiger partial charge in [0.2, 0.25) is 0 Å². The highest BCUT2D eigenvalue weighted by Crippen LogP contribution is 2.21. The van der Waals surface area contributed by atoms with Crippen molar-refractivity contribution < 1.29 is 9.53 Å². The van der Waals surface area contributed by atoms with Gasteiger partial charge in [0.05, 0.1) is 13.2 Å². The molecule has 0 aromatic rings. The highest BCUT2D eigenvalue weighted by molar-refractivity contribution is 14.0. The number of ether oxygens (including phenoxy) is 1. The molecular formula is C16H33IN4O2S. The van der Waals surface area contributed by atoms with Crippen LogP contribution in [-0.2, 0) is 4.74 Å². The van der Waals surface area contributed by atoms with Crippen molar-refractivity contribution in [2.75, 3.05) is 39.0 Å². The molecule has 1 amide bonds. The molecule has 1 aliphatic heterocycles. The van der Waals surface area contributed by atoms with Crippen molar-refractivity contribution in [1.82, 2.24) is 15.5 Å². The Labute approximate surface area is 168 Å². The Bertz CT molecular complexity index is 400. The first-order valence-electron chi connectivity index (χ1n) is 8.43. The highest BCUT2D eigenvalue weighted by Gasteiger charge is 2.24. The van der Waals surface area contributed by atoms with Crippen molar-refractivity contribution in [3.8, 4) is 0 Å². The minimum Gasteiger partial charge on any atom is -0.450 e. The van der Waals surface area contributed by atoms with Crippen LogP contribution in [0.25, 0.3) is 0 Å². The van der Waals surface area contributed by atoms with Crippen molar-refractivity contribution in [3.05, 3.63) is 0 Å². The first kappa shape index (κ1) is 23.6. The number of hydrogen-bond donors (Lipinski definition) is 2. The third-order valence-electron chi connectivity index (χ3n) is 3.88. The van der Waals surface area contributed by atoms with Gasteiger partial charge in [-0.15, -0.1) is 24.0 Å². The molecule has 0 aromatic carbocycles. The third kappa shape index (κ3) is 8.64. The van der Waals surface area contributed by atoms with Gasteiger partial charge in [-0.2, -0.15) is 11.8 Å². The van der Waals surface area contributed by atoms with Gasteiger partial charge in [0.1, 0.15) is 0 Å². The Hall–Kier alpha value is -0.380. The molecule has 0 aromatic heterocycles. The van der Waals surface area contributed by atoms with Crippen LogP contribution < -0.4 is 10.6 Å². The number of carbonyl (C=O) groups excluding carboxylic acids is 1. The van der Waals surface area contributed by atoms with Crippen LogP contribution in [0.4, 0.5) is 4.79 Å². The van der Waals surface area contributed by atoms with Crippen LogP contribution in [0, 0.1) is 0 Å². The molecule has 8 heteroatoms. The van der Waals surface area contributed by atoms with Gasteiger partial charge in [-0.3, -0.25) is 4.99 Å². The summed E-state index contributed by atoms with van der Waals surface area (Å²) in [6, 6.07) is 0.343. The summed E-state index contributed by atoms with van der Waals surface area (Å²) in [5.41, 5.74) is 0. The Morgan fingerprint density at radius 2 is 1.96 bits per heavy atom. The van der Waals surface area contributed by atoms with Gasteiger partial charge in [-0.05, 0) is 46.8 Å². The molecule has 0 atom stereocenters. The number of nitrogens with one attached hydrogen (secondary N) is 2. The number of aliphatic imine (C=N–C) groups is 1. The van der Waals surface area contributed by atoms with E-state index in [1.165, 1.54) is 0 Å². The Kier molecular flexibility index (Phi) is 11.9. The average molecular weight is 472 g/mol. The Morgan fingerprint density at radius 1 is 1.33 bits per heavy atom. The summed E-state index contributed by atoms with van der Waals surface area (Å²) in [4.78, 5) is 18.2. The van der Waals surface area contributed by atoms with Gasteiger partial charge in [-0.1, -0.05) is 0 Å². The largest absolute Gasteiger partial charge is 0.450 e. The second-order valence-corrected chi connectivity index (χ2v) is 7.78. The van der Waals surface area contributed by atoms with Crippen molar-refractivity contribution in [1.29, 1.82) is 0 Å². The molecule has 1 fully saturated rings. The molecule has 1 heterocycles. The van der Waals surface area contributed by atoms with E-state index >= 15 is 0 Å². The van der Waals surface area contributed by atoms with Gasteiger partial charge in [-0.25, -0.2) is 4.79 Å². The second-order valence-electron chi connectivity index (χ2n) is 6.26. The van der Waals surface area contributed by atoms with Crippen LogP contribution in [0.2, 0.25) is 0 Å². The molecule has 1 aliphatic rings. The maximum atomic E-state index is 11.7. The van der Waals surface area contributed by atoms with E-state index in [1.54, 1.807) is 4.90 Å². The second kappa shape index (κ2) is 12.1. The fourth-order valence-electron chi connectivity index (χ4n) is 2.27. The topological polar surface area (TPSA) is 66.0 Å². The van der Waals surface area contributed by atoms with E-state index < -0.39 is 0 Å². The van der Waals surface area contributed by atoms with Crippen LogP contribution in [0.5, 0.6) is 0 Å². The SMILES string of the molecule is CCNC(=NCC(C)(C)SC)NC1CCN(C(=O)OCC)CC1.I.